The van der Waals surface area contributed by atoms with Crippen molar-refractivity contribution in [3.8, 4) is 22.3 Å². The first-order chi connectivity index (χ1) is 18.7. The molecule has 1 heterocycles. The number of aliphatic carboxylic acids is 1. The Bertz CT molecular complexity index is 1570. The molecule has 0 saturated heterocycles. The van der Waals surface area contributed by atoms with Crippen LogP contribution in [-0.4, -0.2) is 33.8 Å². The molecule has 1 aliphatic heterocycles. The van der Waals surface area contributed by atoms with Crippen LogP contribution in [0.15, 0.2) is 91.0 Å². The quantitative estimate of drug-likeness (QED) is 0.265. The first-order valence-corrected chi connectivity index (χ1v) is 13.0. The average molecular weight is 539 g/mol. The highest BCUT2D eigenvalue weighted by molar-refractivity contribution is 6.33. The van der Waals surface area contributed by atoms with E-state index in [1.807, 2.05) is 54.6 Å². The number of carbonyl (C=O) groups excluding carboxylic acids is 2. The molecule has 4 aromatic rings. The summed E-state index contributed by atoms with van der Waals surface area (Å²) in [4.78, 5) is 39.1. The number of anilines is 1. The van der Waals surface area contributed by atoms with Crippen LogP contribution in [0, 0.1) is 5.92 Å². The van der Waals surface area contributed by atoms with Crippen LogP contribution in [0.3, 0.4) is 0 Å². The van der Waals surface area contributed by atoms with Crippen molar-refractivity contribution in [3.63, 3.8) is 0 Å². The minimum Gasteiger partial charge on any atom is -0.480 e. The number of carbonyl (C=O) groups is 3. The van der Waals surface area contributed by atoms with E-state index < -0.39 is 12.0 Å². The normalized spacial score (nSPS) is 13.3. The summed E-state index contributed by atoms with van der Waals surface area (Å²) in [6.07, 6.45) is 0. The summed E-state index contributed by atoms with van der Waals surface area (Å²) in [6, 6.07) is 27.1. The van der Waals surface area contributed by atoms with Gasteiger partial charge in [0.15, 0.2) is 0 Å². The highest BCUT2D eigenvalue weighted by Gasteiger charge is 2.38. The zero-order valence-corrected chi connectivity index (χ0v) is 22.3. The van der Waals surface area contributed by atoms with Gasteiger partial charge in [-0.1, -0.05) is 86.1 Å². The van der Waals surface area contributed by atoms with E-state index in [9.17, 15) is 19.5 Å². The topological polar surface area (TPSA) is 86.7 Å². The Morgan fingerprint density at radius 3 is 2.15 bits per heavy atom. The number of rotatable bonds is 7. The van der Waals surface area contributed by atoms with Crippen molar-refractivity contribution < 1.29 is 19.5 Å². The predicted molar refractivity (Wildman–Crippen MR) is 153 cm³/mol. The number of carboxylic acid groups (broad SMARTS) is 1. The predicted octanol–water partition coefficient (Wildman–Crippen LogP) is 6.99. The molecule has 0 aromatic heterocycles. The molecular formula is C32H27ClN2O4. The molecule has 7 heteroatoms. The number of halogens is 1. The lowest BCUT2D eigenvalue weighted by Crippen LogP contribution is -2.44. The largest absolute Gasteiger partial charge is 0.480 e. The molecule has 0 saturated carbocycles. The number of nitrogens with zero attached hydrogens (tertiary/aromatic N) is 1. The van der Waals surface area contributed by atoms with E-state index >= 15 is 0 Å². The third-order valence-corrected chi connectivity index (χ3v) is 7.27. The molecule has 0 spiro atoms. The Kier molecular flexibility index (Phi) is 7.22. The van der Waals surface area contributed by atoms with E-state index in [0.29, 0.717) is 27.4 Å². The summed E-state index contributed by atoms with van der Waals surface area (Å²) in [6.45, 7) is 3.84. The van der Waals surface area contributed by atoms with Crippen molar-refractivity contribution in [2.24, 2.45) is 5.92 Å². The highest BCUT2D eigenvalue weighted by Crippen LogP contribution is 2.35. The summed E-state index contributed by atoms with van der Waals surface area (Å²) >= 11 is 6.61. The molecule has 0 radical (unpaired) electrons. The number of amides is 2. The number of benzene rings is 4. The summed E-state index contributed by atoms with van der Waals surface area (Å²) in [5.74, 6) is -1.79. The lowest BCUT2D eigenvalue weighted by atomic mass is 10.00. The zero-order chi connectivity index (χ0) is 27.7. The van der Waals surface area contributed by atoms with Gasteiger partial charge in [0.05, 0.1) is 5.02 Å². The maximum Gasteiger partial charge on any atom is 0.326 e. The lowest BCUT2D eigenvalue weighted by Gasteiger charge is -2.27. The molecule has 4 aromatic carbocycles. The van der Waals surface area contributed by atoms with E-state index in [4.69, 9.17) is 11.6 Å². The first-order valence-electron chi connectivity index (χ1n) is 12.7. The van der Waals surface area contributed by atoms with Crippen LogP contribution in [0.25, 0.3) is 22.3 Å². The second-order valence-electron chi connectivity index (χ2n) is 9.92. The van der Waals surface area contributed by atoms with Crippen LogP contribution in [0.1, 0.15) is 40.1 Å². The van der Waals surface area contributed by atoms with E-state index in [1.54, 1.807) is 50.2 Å². The molecule has 1 unspecified atom stereocenters. The van der Waals surface area contributed by atoms with E-state index in [-0.39, 0.29) is 24.3 Å². The molecule has 2 amide bonds. The van der Waals surface area contributed by atoms with Crippen molar-refractivity contribution >= 4 is 35.1 Å². The van der Waals surface area contributed by atoms with E-state index in [2.05, 4.69) is 5.32 Å². The van der Waals surface area contributed by atoms with Crippen LogP contribution in [0.2, 0.25) is 5.02 Å². The summed E-state index contributed by atoms with van der Waals surface area (Å²) in [5, 5.41) is 13.0. The van der Waals surface area contributed by atoms with Gasteiger partial charge in [-0.15, -0.1) is 0 Å². The van der Waals surface area contributed by atoms with Crippen molar-refractivity contribution in [2.45, 2.75) is 26.4 Å². The second kappa shape index (κ2) is 10.8. The number of nitrogens with one attached hydrogen (secondary N) is 1. The number of fused-ring (bicyclic) bond motifs is 1. The maximum atomic E-state index is 13.1. The van der Waals surface area contributed by atoms with Gasteiger partial charge in [-0.2, -0.15) is 0 Å². The van der Waals surface area contributed by atoms with Gasteiger partial charge in [0.25, 0.3) is 11.8 Å². The first kappa shape index (κ1) is 26.2. The summed E-state index contributed by atoms with van der Waals surface area (Å²) in [7, 11) is 0. The van der Waals surface area contributed by atoms with Gasteiger partial charge in [0.2, 0.25) is 0 Å². The Balaban J connectivity index is 1.32. The standard InChI is InChI=1S/C32H27ClN2O4/c1-19(2)29(32(38)39)35-18-24-13-12-23(16-27(24)31(35)37)26-15-14-25(17-28(26)33)34-30(36)22-10-8-21(9-11-22)20-6-4-3-5-7-20/h3-17,19,29H,18H2,1-2H3,(H,34,36)(H,38,39). The number of hydrogen-bond donors (Lipinski definition) is 2. The molecule has 0 bridgehead atoms. The van der Waals surface area contributed by atoms with Crippen molar-refractivity contribution in [1.82, 2.24) is 4.90 Å². The van der Waals surface area contributed by atoms with Crippen molar-refractivity contribution in [1.29, 1.82) is 0 Å². The number of carboxylic acids is 1. The smallest absolute Gasteiger partial charge is 0.326 e. The van der Waals surface area contributed by atoms with Gasteiger partial charge in [0, 0.05) is 28.9 Å². The fourth-order valence-corrected chi connectivity index (χ4v) is 5.26. The molecule has 2 N–H and O–H groups in total. The Morgan fingerprint density at radius 1 is 0.846 bits per heavy atom. The van der Waals surface area contributed by atoms with Crippen LogP contribution in [0.5, 0.6) is 0 Å². The van der Waals surface area contributed by atoms with Crippen LogP contribution in [-0.2, 0) is 11.3 Å². The Morgan fingerprint density at radius 2 is 1.51 bits per heavy atom. The third-order valence-electron chi connectivity index (χ3n) is 6.95. The van der Waals surface area contributed by atoms with E-state index in [0.717, 1.165) is 22.3 Å². The van der Waals surface area contributed by atoms with Gasteiger partial charge in [-0.05, 0) is 58.5 Å². The molecule has 6 nitrogen and oxygen atoms in total. The molecular weight excluding hydrogens is 512 g/mol. The maximum absolute atomic E-state index is 13.1. The molecule has 39 heavy (non-hydrogen) atoms. The number of hydrogen-bond acceptors (Lipinski definition) is 3. The molecule has 196 valence electrons. The zero-order valence-electron chi connectivity index (χ0n) is 21.5. The second-order valence-corrected chi connectivity index (χ2v) is 10.3. The molecule has 0 aliphatic carbocycles. The fourth-order valence-electron chi connectivity index (χ4n) is 4.97. The van der Waals surface area contributed by atoms with Gasteiger partial charge < -0.3 is 15.3 Å². The Hall–Kier alpha value is -4.42. The van der Waals surface area contributed by atoms with Gasteiger partial charge >= 0.3 is 5.97 Å². The lowest BCUT2D eigenvalue weighted by molar-refractivity contribution is -0.144. The monoisotopic (exact) mass is 538 g/mol. The average Bonchev–Trinajstić information content (AvgIpc) is 3.24. The molecule has 5 rings (SSSR count). The SMILES string of the molecule is CC(C)C(C(=O)O)N1Cc2ccc(-c3ccc(NC(=O)c4ccc(-c5ccccc5)cc4)cc3Cl)cc2C1=O. The van der Waals surface area contributed by atoms with Gasteiger partial charge in [0.1, 0.15) is 6.04 Å². The molecule has 1 atom stereocenters. The van der Waals surface area contributed by atoms with Crippen LogP contribution >= 0.6 is 11.6 Å². The van der Waals surface area contributed by atoms with Gasteiger partial charge in [-0.25, -0.2) is 4.79 Å². The summed E-state index contributed by atoms with van der Waals surface area (Å²) < 4.78 is 0. The summed E-state index contributed by atoms with van der Waals surface area (Å²) in [5.41, 5.74) is 5.88. The third kappa shape index (κ3) is 5.29. The van der Waals surface area contributed by atoms with Crippen molar-refractivity contribution in [2.75, 3.05) is 5.32 Å². The molecule has 0 fully saturated rings. The van der Waals surface area contributed by atoms with Crippen LogP contribution < -0.4 is 5.32 Å². The fraction of sp³-hybridized carbons (Fsp3) is 0.156. The van der Waals surface area contributed by atoms with E-state index in [1.165, 1.54) is 4.90 Å². The highest BCUT2D eigenvalue weighted by atomic mass is 35.5. The minimum absolute atomic E-state index is 0.223. The van der Waals surface area contributed by atoms with Crippen molar-refractivity contribution in [3.05, 3.63) is 113 Å². The Labute approximate surface area is 231 Å². The van der Waals surface area contributed by atoms with Crippen LogP contribution in [0.4, 0.5) is 5.69 Å². The minimum atomic E-state index is -1.01. The van der Waals surface area contributed by atoms with Gasteiger partial charge in [-0.3, -0.25) is 9.59 Å². The molecule has 1 aliphatic rings.